The minimum Gasteiger partial charge on any atom is -0.390 e. The molecule has 5 heterocycles. The van der Waals surface area contributed by atoms with Crippen molar-refractivity contribution in [1.29, 1.82) is 0 Å². The largest absolute Gasteiger partial charge is 0.417 e. The van der Waals surface area contributed by atoms with E-state index >= 15 is 0 Å². The first kappa shape index (κ1) is 34.4. The van der Waals surface area contributed by atoms with E-state index in [0.29, 0.717) is 41.5 Å². The van der Waals surface area contributed by atoms with Gasteiger partial charge in [-0.2, -0.15) is 22.6 Å². The molecule has 0 radical (unpaired) electrons. The smallest absolute Gasteiger partial charge is 0.390 e. The number of benzene rings is 1. The highest BCUT2D eigenvalue weighted by molar-refractivity contribution is 7.99. The Hall–Kier alpha value is -2.49. The van der Waals surface area contributed by atoms with Gasteiger partial charge in [-0.05, 0) is 76.1 Å². The lowest BCUT2D eigenvalue weighted by atomic mass is 9.93. The number of halogens is 3. The molecular weight excluding hydrogens is 650 g/mol. The van der Waals surface area contributed by atoms with Crippen molar-refractivity contribution < 1.29 is 26.7 Å². The van der Waals surface area contributed by atoms with Crippen LogP contribution in [0.25, 0.3) is 11.3 Å². The Labute approximate surface area is 279 Å². The quantitative estimate of drug-likeness (QED) is 0.289. The summed E-state index contributed by atoms with van der Waals surface area (Å²) in [5.74, 6) is 0.932. The number of thioether (sulfide) groups is 1. The predicted molar refractivity (Wildman–Crippen MR) is 177 cm³/mol. The Kier molecular flexibility index (Phi) is 10.6. The number of alkyl halides is 3. The third-order valence-corrected chi connectivity index (χ3v) is 11.8. The standard InChI is InChI=1S/C33H43F3N6O3S2/c1-47(44,45)41-17-11-30-27(23-41)32(25-7-8-28(33(34,35)36)31(20-25)46-19-18-39-13-4-5-14-39)38-42(30)22-26(43)21-40-15-9-24(10-16-40)29-6-2-3-12-37-29/h2-3,6-8,12,20,24,26,43H,4-5,9-11,13-19,21-23H2,1H3. The summed E-state index contributed by atoms with van der Waals surface area (Å²) in [5.41, 5.74) is 2.89. The molecule has 0 aliphatic carbocycles. The van der Waals surface area contributed by atoms with Crippen molar-refractivity contribution in [2.45, 2.75) is 68.3 Å². The third kappa shape index (κ3) is 8.39. The molecule has 1 N–H and O–H groups in total. The van der Waals surface area contributed by atoms with E-state index in [-0.39, 0.29) is 24.5 Å². The number of aliphatic hydroxyl groups is 1. The van der Waals surface area contributed by atoms with E-state index in [2.05, 4.69) is 20.9 Å². The van der Waals surface area contributed by atoms with Crippen LogP contribution in [0.3, 0.4) is 0 Å². The number of β-amino-alcohol motifs (C(OH)–C–C–N with tert-alkyl or cyclic N) is 1. The Morgan fingerprint density at radius 3 is 2.47 bits per heavy atom. The third-order valence-electron chi connectivity index (χ3n) is 9.54. The van der Waals surface area contributed by atoms with Gasteiger partial charge in [-0.3, -0.25) is 9.67 Å². The van der Waals surface area contributed by atoms with Gasteiger partial charge in [0.05, 0.1) is 30.2 Å². The fraction of sp³-hybridized carbons (Fsp3) is 0.576. The molecule has 0 bridgehead atoms. The van der Waals surface area contributed by atoms with E-state index < -0.39 is 27.9 Å². The number of piperidine rings is 1. The van der Waals surface area contributed by atoms with Gasteiger partial charge in [0.15, 0.2) is 0 Å². The number of pyridine rings is 1. The molecule has 2 fully saturated rings. The minimum atomic E-state index is -4.50. The number of nitrogens with zero attached hydrogens (tertiary/aromatic N) is 6. The fourth-order valence-electron chi connectivity index (χ4n) is 7.03. The van der Waals surface area contributed by atoms with Crippen LogP contribution in [0.15, 0.2) is 47.5 Å². The summed E-state index contributed by atoms with van der Waals surface area (Å²) in [6, 6.07) is 10.1. The molecule has 1 atom stereocenters. The van der Waals surface area contributed by atoms with Gasteiger partial charge < -0.3 is 14.9 Å². The van der Waals surface area contributed by atoms with E-state index in [1.54, 1.807) is 10.7 Å². The Morgan fingerprint density at radius 1 is 1.02 bits per heavy atom. The van der Waals surface area contributed by atoms with Crippen molar-refractivity contribution in [2.24, 2.45) is 0 Å². The number of sulfonamides is 1. The van der Waals surface area contributed by atoms with E-state index in [1.807, 2.05) is 18.3 Å². The van der Waals surface area contributed by atoms with Crippen molar-refractivity contribution in [3.63, 3.8) is 0 Å². The molecule has 6 rings (SSSR count). The van der Waals surface area contributed by atoms with Crippen LogP contribution in [-0.2, 0) is 35.7 Å². The van der Waals surface area contributed by atoms with E-state index in [0.717, 1.165) is 82.1 Å². The van der Waals surface area contributed by atoms with Crippen molar-refractivity contribution >= 4 is 21.8 Å². The molecule has 3 aliphatic heterocycles. The Balaban J connectivity index is 1.22. The second-order valence-electron chi connectivity index (χ2n) is 12.9. The zero-order valence-electron chi connectivity index (χ0n) is 26.7. The topological polar surface area (TPSA) is 94.8 Å². The molecule has 256 valence electrons. The van der Waals surface area contributed by atoms with Crippen LogP contribution in [-0.4, -0.2) is 106 Å². The Bertz CT molecular complexity index is 1620. The number of likely N-dealkylation sites (tertiary alicyclic amines) is 2. The summed E-state index contributed by atoms with van der Waals surface area (Å²) in [6.07, 6.45) is 2.30. The molecule has 14 heteroatoms. The lowest BCUT2D eigenvalue weighted by Crippen LogP contribution is -2.40. The molecule has 3 aromatic rings. The Morgan fingerprint density at radius 2 is 1.79 bits per heavy atom. The maximum absolute atomic E-state index is 14.1. The molecule has 1 unspecified atom stereocenters. The van der Waals surface area contributed by atoms with Crippen LogP contribution in [0.5, 0.6) is 0 Å². The van der Waals surface area contributed by atoms with Crippen LogP contribution in [0.2, 0.25) is 0 Å². The highest BCUT2D eigenvalue weighted by Crippen LogP contribution is 2.40. The molecule has 9 nitrogen and oxygen atoms in total. The van der Waals surface area contributed by atoms with Gasteiger partial charge in [-0.1, -0.05) is 12.1 Å². The molecule has 0 amide bonds. The highest BCUT2D eigenvalue weighted by Gasteiger charge is 2.35. The van der Waals surface area contributed by atoms with E-state index in [9.17, 15) is 26.7 Å². The molecule has 47 heavy (non-hydrogen) atoms. The van der Waals surface area contributed by atoms with Crippen LogP contribution in [0.4, 0.5) is 13.2 Å². The maximum atomic E-state index is 14.1. The average molecular weight is 693 g/mol. The van der Waals surface area contributed by atoms with Crippen molar-refractivity contribution in [3.8, 4) is 11.3 Å². The lowest BCUT2D eigenvalue weighted by molar-refractivity contribution is -0.139. The summed E-state index contributed by atoms with van der Waals surface area (Å²) < 4.78 is 70.3. The normalized spacial score (nSPS) is 19.7. The SMILES string of the molecule is CS(=O)(=O)N1CCc2c(c(-c3ccc(C(F)(F)F)c(SCCN4CCCC4)c3)nn2CC(O)CN2CCC(c3ccccn3)CC2)C1. The van der Waals surface area contributed by atoms with Gasteiger partial charge in [-0.15, -0.1) is 11.8 Å². The molecule has 3 aliphatic rings. The summed E-state index contributed by atoms with van der Waals surface area (Å²) >= 11 is 1.20. The van der Waals surface area contributed by atoms with Crippen molar-refractivity contribution in [2.75, 3.05) is 57.8 Å². The number of fused-ring (bicyclic) bond motifs is 1. The predicted octanol–water partition coefficient (Wildman–Crippen LogP) is 4.71. The molecule has 1 aromatic carbocycles. The van der Waals surface area contributed by atoms with Crippen LogP contribution < -0.4 is 0 Å². The van der Waals surface area contributed by atoms with E-state index in [4.69, 9.17) is 5.10 Å². The van der Waals surface area contributed by atoms with Crippen LogP contribution in [0.1, 0.15) is 54.1 Å². The second-order valence-corrected chi connectivity index (χ2v) is 16.0. The van der Waals surface area contributed by atoms with Crippen molar-refractivity contribution in [3.05, 3.63) is 65.1 Å². The van der Waals surface area contributed by atoms with Gasteiger partial charge >= 0.3 is 6.18 Å². The summed E-state index contributed by atoms with van der Waals surface area (Å²) in [7, 11) is -3.50. The maximum Gasteiger partial charge on any atom is 0.417 e. The average Bonchev–Trinajstić information content (AvgIpc) is 3.69. The molecule has 0 spiro atoms. The number of aromatic nitrogens is 3. The lowest BCUT2D eigenvalue weighted by Gasteiger charge is -2.33. The van der Waals surface area contributed by atoms with Crippen LogP contribution in [0, 0.1) is 0 Å². The minimum absolute atomic E-state index is 0.0824. The van der Waals surface area contributed by atoms with Crippen molar-refractivity contribution in [1.82, 2.24) is 28.9 Å². The monoisotopic (exact) mass is 692 g/mol. The zero-order valence-corrected chi connectivity index (χ0v) is 28.3. The van der Waals surface area contributed by atoms with Gasteiger partial charge in [0.2, 0.25) is 10.0 Å². The first-order valence-electron chi connectivity index (χ1n) is 16.4. The van der Waals surface area contributed by atoms with Gasteiger partial charge in [0, 0.05) is 77.9 Å². The molecule has 0 saturated carbocycles. The number of rotatable bonds is 11. The fourth-order valence-corrected chi connectivity index (χ4v) is 8.94. The van der Waals surface area contributed by atoms with E-state index in [1.165, 1.54) is 22.1 Å². The molecule has 2 aromatic heterocycles. The molecular formula is C33H43F3N6O3S2. The first-order chi connectivity index (χ1) is 22.5. The van der Waals surface area contributed by atoms with Crippen LogP contribution >= 0.6 is 11.8 Å². The number of hydrogen-bond donors (Lipinski definition) is 1. The summed E-state index contributed by atoms with van der Waals surface area (Å²) in [4.78, 5) is 9.17. The molecule has 2 saturated heterocycles. The van der Waals surface area contributed by atoms with Gasteiger partial charge in [0.25, 0.3) is 0 Å². The first-order valence-corrected chi connectivity index (χ1v) is 19.2. The van der Waals surface area contributed by atoms with Gasteiger partial charge in [0.1, 0.15) is 0 Å². The second kappa shape index (κ2) is 14.6. The summed E-state index contributed by atoms with van der Waals surface area (Å²) in [5, 5.41) is 16.1. The van der Waals surface area contributed by atoms with Gasteiger partial charge in [-0.25, -0.2) is 8.42 Å². The number of aliphatic hydroxyl groups excluding tert-OH is 1. The highest BCUT2D eigenvalue weighted by atomic mass is 32.2. The summed E-state index contributed by atoms with van der Waals surface area (Å²) in [6.45, 7) is 5.38. The number of hydrogen-bond acceptors (Lipinski definition) is 8. The zero-order chi connectivity index (χ0) is 33.2.